The van der Waals surface area contributed by atoms with Gasteiger partial charge in [0.1, 0.15) is 11.6 Å². The van der Waals surface area contributed by atoms with Crippen molar-refractivity contribution in [2.75, 3.05) is 0 Å². The molecule has 0 saturated carbocycles. The molecule has 124 valence electrons. The number of halogens is 2. The molecule has 1 aromatic heterocycles. The second-order valence-electron chi connectivity index (χ2n) is 5.14. The summed E-state index contributed by atoms with van der Waals surface area (Å²) in [6.45, 7) is 0. The van der Waals surface area contributed by atoms with Crippen LogP contribution < -0.4 is 4.74 Å². The zero-order valence-electron chi connectivity index (χ0n) is 12.8. The van der Waals surface area contributed by atoms with Gasteiger partial charge in [-0.05, 0) is 70.5 Å². The molecule has 3 aromatic rings. The Bertz CT molecular complexity index is 924. The van der Waals surface area contributed by atoms with E-state index >= 15 is 0 Å². The molecule has 1 heterocycles. The van der Waals surface area contributed by atoms with Crippen LogP contribution in [0.25, 0.3) is 0 Å². The molecule has 0 bridgehead atoms. The van der Waals surface area contributed by atoms with Crippen LogP contribution in [0.1, 0.15) is 26.3 Å². The molecule has 4 nitrogen and oxygen atoms in total. The fraction of sp³-hybridized carbons (Fsp3) is 0. The highest BCUT2D eigenvalue weighted by Crippen LogP contribution is 2.18. The lowest BCUT2D eigenvalue weighted by atomic mass is 10.0. The lowest BCUT2D eigenvalue weighted by molar-refractivity contribution is 0.0734. The summed E-state index contributed by atoms with van der Waals surface area (Å²) in [5.74, 6) is -0.887. The molecule has 25 heavy (non-hydrogen) atoms. The summed E-state index contributed by atoms with van der Waals surface area (Å²) < 4.78 is 18.8. The Kier molecular flexibility index (Phi) is 5.00. The molecular formula is C19H11BrFNO3. The fourth-order valence-corrected chi connectivity index (χ4v) is 2.50. The van der Waals surface area contributed by atoms with Gasteiger partial charge < -0.3 is 4.74 Å². The number of nitrogens with zero attached hydrogens (tertiary/aromatic N) is 1. The van der Waals surface area contributed by atoms with Crippen LogP contribution in [0.15, 0.2) is 71.5 Å². The van der Waals surface area contributed by atoms with Crippen molar-refractivity contribution in [2.45, 2.75) is 0 Å². The summed E-state index contributed by atoms with van der Waals surface area (Å²) in [6, 6.07) is 13.1. The lowest BCUT2D eigenvalue weighted by Gasteiger charge is -2.06. The Balaban J connectivity index is 1.73. The predicted octanol–water partition coefficient (Wildman–Crippen LogP) is 4.43. The molecule has 0 radical (unpaired) electrons. The zero-order valence-corrected chi connectivity index (χ0v) is 14.4. The number of rotatable bonds is 4. The van der Waals surface area contributed by atoms with E-state index in [9.17, 15) is 14.0 Å². The number of hydrogen-bond acceptors (Lipinski definition) is 4. The largest absolute Gasteiger partial charge is 0.423 e. The second-order valence-corrected chi connectivity index (χ2v) is 6.06. The minimum absolute atomic E-state index is 0.242. The molecule has 6 heteroatoms. The van der Waals surface area contributed by atoms with E-state index in [1.54, 1.807) is 24.4 Å². The van der Waals surface area contributed by atoms with Gasteiger partial charge in [0, 0.05) is 28.0 Å². The van der Waals surface area contributed by atoms with E-state index in [4.69, 9.17) is 4.74 Å². The van der Waals surface area contributed by atoms with Gasteiger partial charge in [-0.1, -0.05) is 0 Å². The summed E-state index contributed by atoms with van der Waals surface area (Å²) in [5.41, 5.74) is 1.10. The number of carbonyl (C=O) groups is 2. The van der Waals surface area contributed by atoms with E-state index < -0.39 is 11.8 Å². The van der Waals surface area contributed by atoms with Crippen molar-refractivity contribution in [1.82, 2.24) is 4.98 Å². The second kappa shape index (κ2) is 7.36. The topological polar surface area (TPSA) is 56.3 Å². The molecular weight excluding hydrogens is 389 g/mol. The minimum atomic E-state index is -0.550. The maximum absolute atomic E-state index is 12.9. The maximum atomic E-state index is 12.9. The number of pyridine rings is 1. The molecule has 0 fully saturated rings. The summed E-state index contributed by atoms with van der Waals surface area (Å²) >= 11 is 3.24. The SMILES string of the molecule is O=C(Oc1ccc(C(=O)c2ccc(F)cc2)cc1)c1cncc(Br)c1. The molecule has 0 aliphatic heterocycles. The number of esters is 1. The monoisotopic (exact) mass is 399 g/mol. The number of carbonyl (C=O) groups excluding carboxylic acids is 2. The van der Waals surface area contributed by atoms with Crippen LogP contribution in [-0.4, -0.2) is 16.7 Å². The van der Waals surface area contributed by atoms with Crippen LogP contribution in [0.4, 0.5) is 4.39 Å². The van der Waals surface area contributed by atoms with E-state index in [-0.39, 0.29) is 5.78 Å². The minimum Gasteiger partial charge on any atom is -0.423 e. The Morgan fingerprint density at radius 2 is 1.48 bits per heavy atom. The lowest BCUT2D eigenvalue weighted by Crippen LogP contribution is -2.09. The van der Waals surface area contributed by atoms with Gasteiger partial charge in [0.05, 0.1) is 5.56 Å². The standard InChI is InChI=1S/C19H11BrFNO3/c20-15-9-14(10-22-11-15)19(24)25-17-7-3-13(4-8-17)18(23)12-1-5-16(21)6-2-12/h1-11H. The molecule has 0 amide bonds. The van der Waals surface area contributed by atoms with Crippen molar-refractivity contribution in [3.8, 4) is 5.75 Å². The van der Waals surface area contributed by atoms with E-state index in [0.717, 1.165) is 0 Å². The fourth-order valence-electron chi connectivity index (χ4n) is 2.13. The van der Waals surface area contributed by atoms with Crippen LogP contribution in [0, 0.1) is 5.82 Å². The summed E-state index contributed by atoms with van der Waals surface area (Å²) in [4.78, 5) is 28.3. The molecule has 0 aliphatic carbocycles. The smallest absolute Gasteiger partial charge is 0.345 e. The number of ether oxygens (including phenoxy) is 1. The highest BCUT2D eigenvalue weighted by molar-refractivity contribution is 9.10. The summed E-state index contributed by atoms with van der Waals surface area (Å²) in [5, 5.41) is 0. The molecule has 0 aliphatic rings. The first kappa shape index (κ1) is 17.0. The highest BCUT2D eigenvalue weighted by Gasteiger charge is 2.12. The van der Waals surface area contributed by atoms with Gasteiger partial charge in [-0.25, -0.2) is 9.18 Å². The first-order valence-electron chi connectivity index (χ1n) is 7.26. The first-order chi connectivity index (χ1) is 12.0. The molecule has 3 rings (SSSR count). The predicted molar refractivity (Wildman–Crippen MR) is 93.2 cm³/mol. The average molecular weight is 400 g/mol. The third kappa shape index (κ3) is 4.16. The Hall–Kier alpha value is -2.86. The van der Waals surface area contributed by atoms with Gasteiger partial charge in [0.2, 0.25) is 0 Å². The van der Waals surface area contributed by atoms with Crippen molar-refractivity contribution in [1.29, 1.82) is 0 Å². The number of hydrogen-bond donors (Lipinski definition) is 0. The van der Waals surface area contributed by atoms with E-state index in [1.807, 2.05) is 0 Å². The van der Waals surface area contributed by atoms with Gasteiger partial charge in [-0.3, -0.25) is 9.78 Å². The maximum Gasteiger partial charge on any atom is 0.345 e. The van der Waals surface area contributed by atoms with E-state index in [0.29, 0.717) is 26.9 Å². The third-order valence-electron chi connectivity index (χ3n) is 3.37. The Labute approximate surface area is 151 Å². The zero-order chi connectivity index (χ0) is 17.8. The molecule has 0 atom stereocenters. The summed E-state index contributed by atoms with van der Waals surface area (Å²) in [7, 11) is 0. The molecule has 0 saturated heterocycles. The first-order valence-corrected chi connectivity index (χ1v) is 8.05. The average Bonchev–Trinajstić information content (AvgIpc) is 2.62. The van der Waals surface area contributed by atoms with Crippen LogP contribution >= 0.6 is 15.9 Å². The van der Waals surface area contributed by atoms with E-state index in [1.165, 1.54) is 42.6 Å². The quantitative estimate of drug-likeness (QED) is 0.369. The molecule has 0 spiro atoms. The van der Waals surface area contributed by atoms with Gasteiger partial charge in [0.25, 0.3) is 0 Å². The van der Waals surface area contributed by atoms with Gasteiger partial charge >= 0.3 is 5.97 Å². The van der Waals surface area contributed by atoms with Crippen LogP contribution in [0.3, 0.4) is 0 Å². The number of benzene rings is 2. The van der Waals surface area contributed by atoms with Crippen molar-refractivity contribution >= 4 is 27.7 Å². The van der Waals surface area contributed by atoms with Gasteiger partial charge in [-0.2, -0.15) is 0 Å². The highest BCUT2D eigenvalue weighted by atomic mass is 79.9. The van der Waals surface area contributed by atoms with Crippen LogP contribution in [-0.2, 0) is 0 Å². The molecule has 0 unspecified atom stereocenters. The van der Waals surface area contributed by atoms with Gasteiger partial charge in [0.15, 0.2) is 5.78 Å². The van der Waals surface area contributed by atoms with E-state index in [2.05, 4.69) is 20.9 Å². The van der Waals surface area contributed by atoms with Crippen molar-refractivity contribution in [2.24, 2.45) is 0 Å². The molecule has 2 aromatic carbocycles. The van der Waals surface area contributed by atoms with Crippen molar-refractivity contribution < 1.29 is 18.7 Å². The third-order valence-corrected chi connectivity index (χ3v) is 3.81. The number of aromatic nitrogens is 1. The normalized spacial score (nSPS) is 10.3. The molecule has 0 N–H and O–H groups in total. The Morgan fingerprint density at radius 3 is 2.08 bits per heavy atom. The van der Waals surface area contributed by atoms with Crippen molar-refractivity contribution in [3.05, 3.63) is 94.0 Å². The van der Waals surface area contributed by atoms with Crippen LogP contribution in [0.5, 0.6) is 5.75 Å². The number of ketones is 1. The summed E-state index contributed by atoms with van der Waals surface area (Å²) in [6.07, 6.45) is 2.96. The van der Waals surface area contributed by atoms with Crippen molar-refractivity contribution in [3.63, 3.8) is 0 Å². The van der Waals surface area contributed by atoms with Gasteiger partial charge in [-0.15, -0.1) is 0 Å². The Morgan fingerprint density at radius 1 is 0.880 bits per heavy atom. The van der Waals surface area contributed by atoms with Crippen LogP contribution in [0.2, 0.25) is 0 Å².